The molecule has 2 rings (SSSR count). The van der Waals surface area contributed by atoms with Crippen LogP contribution in [0.5, 0.6) is 0 Å². The number of aromatic nitrogens is 2. The molecule has 18 heavy (non-hydrogen) atoms. The van der Waals surface area contributed by atoms with Crippen LogP contribution in [0.1, 0.15) is 30.8 Å². The van der Waals surface area contributed by atoms with Crippen LogP contribution in [0.2, 0.25) is 0 Å². The molecule has 0 radical (unpaired) electrons. The van der Waals surface area contributed by atoms with Crippen LogP contribution in [0.3, 0.4) is 0 Å². The minimum atomic E-state index is 0.141. The Kier molecular flexibility index (Phi) is 3.98. The second-order valence-electron chi connectivity index (χ2n) is 4.36. The minimum Gasteiger partial charge on any atom is -0.396 e. The fourth-order valence-electron chi connectivity index (χ4n) is 1.96. The summed E-state index contributed by atoms with van der Waals surface area (Å²) in [4.78, 5) is 18.7. The molecule has 0 spiro atoms. The predicted octanol–water partition coefficient (Wildman–Crippen LogP) is 1.81. The fraction of sp³-hybridized carbons (Fsp3) is 0.500. The van der Waals surface area contributed by atoms with Gasteiger partial charge in [0.1, 0.15) is 5.69 Å². The number of aliphatic hydroxyl groups is 1. The average Bonchev–Trinajstić information content (AvgIpc) is 2.89. The van der Waals surface area contributed by atoms with Gasteiger partial charge in [-0.05, 0) is 20.3 Å². The highest BCUT2D eigenvalue weighted by Gasteiger charge is 2.20. The summed E-state index contributed by atoms with van der Waals surface area (Å²) in [5, 5.41) is 10.9. The molecule has 6 heteroatoms. The molecule has 0 saturated heterocycles. The predicted molar refractivity (Wildman–Crippen MR) is 72.6 cm³/mol. The second kappa shape index (κ2) is 5.49. The molecule has 2 aromatic heterocycles. The van der Waals surface area contributed by atoms with Crippen LogP contribution in [0.25, 0.3) is 4.96 Å². The van der Waals surface area contributed by atoms with Crippen molar-refractivity contribution in [2.45, 2.75) is 26.3 Å². The molecule has 2 aromatic rings. The summed E-state index contributed by atoms with van der Waals surface area (Å²) < 4.78 is 1.81. The third kappa shape index (κ3) is 2.26. The molecular weight excluding hydrogens is 250 g/mol. The largest absolute Gasteiger partial charge is 0.396 e. The molecule has 0 unspecified atom stereocenters. The Morgan fingerprint density at radius 3 is 3.00 bits per heavy atom. The number of nitrogens with zero attached hydrogens (tertiary/aromatic N) is 3. The summed E-state index contributed by atoms with van der Waals surface area (Å²) in [6, 6.07) is 0.236. The number of thiazole rings is 1. The Morgan fingerprint density at radius 2 is 2.39 bits per heavy atom. The van der Waals surface area contributed by atoms with E-state index in [0.29, 0.717) is 24.5 Å². The van der Waals surface area contributed by atoms with Gasteiger partial charge in [-0.2, -0.15) is 0 Å². The fourth-order valence-corrected chi connectivity index (χ4v) is 2.68. The Hall–Kier alpha value is -1.40. The van der Waals surface area contributed by atoms with E-state index in [-0.39, 0.29) is 12.6 Å². The van der Waals surface area contributed by atoms with Crippen LogP contribution in [-0.4, -0.2) is 40.0 Å². The SMILES string of the molecule is CC(C)N(CCCO)c1nc2sccn2c1C=O. The zero-order valence-electron chi connectivity index (χ0n) is 10.5. The first-order chi connectivity index (χ1) is 8.69. The molecule has 0 saturated carbocycles. The quantitative estimate of drug-likeness (QED) is 0.811. The van der Waals surface area contributed by atoms with Crippen molar-refractivity contribution in [1.82, 2.24) is 9.38 Å². The number of aliphatic hydroxyl groups excluding tert-OH is 1. The lowest BCUT2D eigenvalue weighted by Gasteiger charge is -2.26. The molecule has 0 atom stereocenters. The Morgan fingerprint density at radius 1 is 1.61 bits per heavy atom. The van der Waals surface area contributed by atoms with Crippen molar-refractivity contribution >= 4 is 28.4 Å². The zero-order chi connectivity index (χ0) is 13.1. The van der Waals surface area contributed by atoms with Crippen molar-refractivity contribution in [3.05, 3.63) is 17.3 Å². The third-order valence-electron chi connectivity index (χ3n) is 2.84. The summed E-state index contributed by atoms with van der Waals surface area (Å²) in [5.74, 6) is 0.709. The van der Waals surface area contributed by atoms with Crippen LogP contribution in [0.4, 0.5) is 5.82 Å². The maximum absolute atomic E-state index is 11.3. The van der Waals surface area contributed by atoms with E-state index >= 15 is 0 Å². The summed E-state index contributed by atoms with van der Waals surface area (Å²) in [5.41, 5.74) is 0.581. The molecule has 98 valence electrons. The number of rotatable bonds is 6. The van der Waals surface area contributed by atoms with Crippen molar-refractivity contribution < 1.29 is 9.90 Å². The molecule has 5 nitrogen and oxygen atoms in total. The molecule has 0 fully saturated rings. The number of carbonyl (C=O) groups is 1. The Bertz CT molecular complexity index is 532. The first-order valence-corrected chi connectivity index (χ1v) is 6.85. The van der Waals surface area contributed by atoms with E-state index in [9.17, 15) is 4.79 Å². The smallest absolute Gasteiger partial charge is 0.196 e. The molecule has 0 aliphatic heterocycles. The second-order valence-corrected chi connectivity index (χ2v) is 5.23. The molecule has 0 amide bonds. The molecule has 1 N–H and O–H groups in total. The highest BCUT2D eigenvalue weighted by atomic mass is 32.1. The maximum Gasteiger partial charge on any atom is 0.196 e. The number of hydrogen-bond acceptors (Lipinski definition) is 5. The van der Waals surface area contributed by atoms with Crippen molar-refractivity contribution in [2.75, 3.05) is 18.1 Å². The molecule has 0 bridgehead atoms. The van der Waals surface area contributed by atoms with Crippen LogP contribution in [0.15, 0.2) is 11.6 Å². The number of imidazole rings is 1. The lowest BCUT2D eigenvalue weighted by Crippen LogP contribution is -2.33. The van der Waals surface area contributed by atoms with Gasteiger partial charge in [-0.15, -0.1) is 11.3 Å². The molecule has 0 aliphatic rings. The lowest BCUT2D eigenvalue weighted by molar-refractivity contribution is 0.111. The standard InChI is InChI=1S/C12H17N3O2S/c1-9(2)14(4-3-6-16)11-10(8-17)15-5-7-18-12(15)13-11/h5,7-9,16H,3-4,6H2,1-2H3. The van der Waals surface area contributed by atoms with Gasteiger partial charge in [0.05, 0.1) is 0 Å². The Labute approximate surface area is 110 Å². The van der Waals surface area contributed by atoms with Crippen molar-refractivity contribution in [1.29, 1.82) is 0 Å². The van der Waals surface area contributed by atoms with Crippen LogP contribution < -0.4 is 4.90 Å². The minimum absolute atomic E-state index is 0.141. The summed E-state index contributed by atoms with van der Waals surface area (Å²) in [6.45, 7) is 4.94. The average molecular weight is 267 g/mol. The number of fused-ring (bicyclic) bond motifs is 1. The number of hydrogen-bond donors (Lipinski definition) is 1. The van der Waals surface area contributed by atoms with Crippen LogP contribution >= 0.6 is 11.3 Å². The van der Waals surface area contributed by atoms with Gasteiger partial charge < -0.3 is 10.0 Å². The van der Waals surface area contributed by atoms with E-state index in [4.69, 9.17) is 5.11 Å². The summed E-state index contributed by atoms with van der Waals surface area (Å²) in [6.07, 6.45) is 3.36. The monoisotopic (exact) mass is 267 g/mol. The van der Waals surface area contributed by atoms with Crippen LogP contribution in [-0.2, 0) is 0 Å². The molecule has 0 aromatic carbocycles. The van der Waals surface area contributed by atoms with Gasteiger partial charge in [-0.3, -0.25) is 9.20 Å². The van der Waals surface area contributed by atoms with Crippen molar-refractivity contribution in [3.63, 3.8) is 0 Å². The highest BCUT2D eigenvalue weighted by Crippen LogP contribution is 2.25. The van der Waals surface area contributed by atoms with E-state index in [2.05, 4.69) is 23.7 Å². The van der Waals surface area contributed by atoms with Gasteiger partial charge in [0.15, 0.2) is 17.1 Å². The van der Waals surface area contributed by atoms with Gasteiger partial charge >= 0.3 is 0 Å². The summed E-state index contributed by atoms with van der Waals surface area (Å²) >= 11 is 1.51. The normalized spacial score (nSPS) is 11.3. The topological polar surface area (TPSA) is 57.8 Å². The van der Waals surface area contributed by atoms with Crippen LogP contribution in [0, 0.1) is 0 Å². The molecule has 2 heterocycles. The summed E-state index contributed by atoms with van der Waals surface area (Å²) in [7, 11) is 0. The number of carbonyl (C=O) groups excluding carboxylic acids is 1. The molecular formula is C12H17N3O2S. The third-order valence-corrected chi connectivity index (χ3v) is 3.60. The van der Waals surface area contributed by atoms with Gasteiger partial charge in [0.2, 0.25) is 0 Å². The number of aldehydes is 1. The van der Waals surface area contributed by atoms with Gasteiger partial charge in [0, 0.05) is 30.8 Å². The van der Waals surface area contributed by atoms with E-state index in [1.54, 1.807) is 4.40 Å². The van der Waals surface area contributed by atoms with Gasteiger partial charge in [-0.1, -0.05) is 0 Å². The zero-order valence-corrected chi connectivity index (χ0v) is 11.4. The lowest BCUT2D eigenvalue weighted by atomic mass is 10.2. The van der Waals surface area contributed by atoms with Crippen molar-refractivity contribution in [3.8, 4) is 0 Å². The van der Waals surface area contributed by atoms with Crippen molar-refractivity contribution in [2.24, 2.45) is 0 Å². The maximum atomic E-state index is 11.3. The van der Waals surface area contributed by atoms with E-state index in [1.807, 2.05) is 11.6 Å². The first-order valence-electron chi connectivity index (χ1n) is 5.97. The van der Waals surface area contributed by atoms with E-state index in [0.717, 1.165) is 11.2 Å². The highest BCUT2D eigenvalue weighted by molar-refractivity contribution is 7.15. The van der Waals surface area contributed by atoms with Gasteiger partial charge in [0.25, 0.3) is 0 Å². The Balaban J connectivity index is 2.42. The number of anilines is 1. The van der Waals surface area contributed by atoms with Gasteiger partial charge in [-0.25, -0.2) is 4.98 Å². The van der Waals surface area contributed by atoms with E-state index < -0.39 is 0 Å². The molecule has 0 aliphatic carbocycles. The first kappa shape index (κ1) is 13.0. The van der Waals surface area contributed by atoms with E-state index in [1.165, 1.54) is 11.3 Å².